The summed E-state index contributed by atoms with van der Waals surface area (Å²) in [5.74, 6) is -0.0665. The normalized spacial score (nSPS) is 19.5. The molecule has 1 fully saturated rings. The molecule has 1 unspecified atom stereocenters. The number of rotatable bonds is 4. The molecule has 1 aromatic rings. The highest BCUT2D eigenvalue weighted by Gasteiger charge is 2.22. The molecule has 3 nitrogen and oxygen atoms in total. The topological polar surface area (TPSA) is 38.5 Å². The third-order valence-corrected chi connectivity index (χ3v) is 3.66. The number of nitrogens with two attached hydrogens (primary N) is 1. The van der Waals surface area contributed by atoms with Crippen molar-refractivity contribution in [1.82, 2.24) is 0 Å². The van der Waals surface area contributed by atoms with E-state index in [0.29, 0.717) is 24.1 Å². The van der Waals surface area contributed by atoms with Crippen molar-refractivity contribution in [2.45, 2.75) is 45.6 Å². The molecule has 0 spiro atoms. The Morgan fingerprint density at radius 1 is 1.42 bits per heavy atom. The van der Waals surface area contributed by atoms with Crippen LogP contribution in [0.25, 0.3) is 0 Å². The van der Waals surface area contributed by atoms with E-state index in [1.54, 1.807) is 6.07 Å². The molecule has 106 valence electrons. The van der Waals surface area contributed by atoms with Gasteiger partial charge in [0, 0.05) is 24.7 Å². The van der Waals surface area contributed by atoms with Crippen LogP contribution in [0, 0.1) is 5.82 Å². The molecule has 1 aliphatic rings. The van der Waals surface area contributed by atoms with Gasteiger partial charge in [-0.05, 0) is 32.6 Å². The average molecular weight is 266 g/mol. The predicted molar refractivity (Wildman–Crippen MR) is 77.3 cm³/mol. The summed E-state index contributed by atoms with van der Waals surface area (Å²) >= 11 is 0. The molecule has 2 N–H and O–H groups in total. The second-order valence-electron chi connectivity index (χ2n) is 5.23. The summed E-state index contributed by atoms with van der Waals surface area (Å²) in [6.45, 7) is 5.69. The first-order chi connectivity index (χ1) is 9.13. The lowest BCUT2D eigenvalue weighted by molar-refractivity contribution is 0.301. The van der Waals surface area contributed by atoms with Crippen molar-refractivity contribution in [3.8, 4) is 5.75 Å². The highest BCUT2D eigenvalue weighted by atomic mass is 19.1. The predicted octanol–water partition coefficient (Wildman–Crippen LogP) is 3.58. The van der Waals surface area contributed by atoms with Gasteiger partial charge in [0.25, 0.3) is 0 Å². The standard InChI is InChI=1S/C15H23FN2O/c1-3-8-19-15-10-14(13(17)9-12(15)16)18-7-5-4-6-11(18)2/h9-11H,3-8,17H2,1-2H3. The summed E-state index contributed by atoms with van der Waals surface area (Å²) in [7, 11) is 0. The van der Waals surface area contributed by atoms with Crippen LogP contribution >= 0.6 is 0 Å². The van der Waals surface area contributed by atoms with Crippen molar-refractivity contribution in [1.29, 1.82) is 0 Å². The van der Waals surface area contributed by atoms with E-state index >= 15 is 0 Å². The van der Waals surface area contributed by atoms with E-state index in [0.717, 1.165) is 31.5 Å². The van der Waals surface area contributed by atoms with Gasteiger partial charge in [-0.15, -0.1) is 0 Å². The first kappa shape index (κ1) is 14.0. The molecular weight excluding hydrogens is 243 g/mol. The molecule has 2 rings (SSSR count). The summed E-state index contributed by atoms with van der Waals surface area (Å²) in [5.41, 5.74) is 7.37. The van der Waals surface area contributed by atoms with Crippen molar-refractivity contribution < 1.29 is 9.13 Å². The van der Waals surface area contributed by atoms with Gasteiger partial charge in [-0.1, -0.05) is 6.92 Å². The second kappa shape index (κ2) is 6.13. The SMILES string of the molecule is CCCOc1cc(N2CCCCC2C)c(N)cc1F. The van der Waals surface area contributed by atoms with Gasteiger partial charge in [-0.25, -0.2) is 4.39 Å². The minimum absolute atomic E-state index is 0.309. The van der Waals surface area contributed by atoms with Gasteiger partial charge in [-0.3, -0.25) is 0 Å². The van der Waals surface area contributed by atoms with E-state index in [1.165, 1.54) is 12.5 Å². The van der Waals surface area contributed by atoms with Crippen LogP contribution in [0.15, 0.2) is 12.1 Å². The molecule has 0 radical (unpaired) electrons. The van der Waals surface area contributed by atoms with E-state index in [9.17, 15) is 4.39 Å². The average Bonchev–Trinajstić information content (AvgIpc) is 2.39. The zero-order valence-corrected chi connectivity index (χ0v) is 11.8. The van der Waals surface area contributed by atoms with E-state index < -0.39 is 0 Å². The number of nitrogens with zero attached hydrogens (tertiary/aromatic N) is 1. The third kappa shape index (κ3) is 3.11. The number of piperidine rings is 1. The third-order valence-electron chi connectivity index (χ3n) is 3.66. The minimum Gasteiger partial charge on any atom is -0.490 e. The first-order valence-electron chi connectivity index (χ1n) is 7.12. The van der Waals surface area contributed by atoms with Gasteiger partial charge in [0.15, 0.2) is 11.6 Å². The number of anilines is 2. The Balaban J connectivity index is 2.28. The monoisotopic (exact) mass is 266 g/mol. The second-order valence-corrected chi connectivity index (χ2v) is 5.23. The van der Waals surface area contributed by atoms with Gasteiger partial charge >= 0.3 is 0 Å². The van der Waals surface area contributed by atoms with Gasteiger partial charge in [0.05, 0.1) is 18.0 Å². The Bertz CT molecular complexity index is 436. The van der Waals surface area contributed by atoms with Crippen LogP contribution in [0.3, 0.4) is 0 Å². The van der Waals surface area contributed by atoms with Crippen molar-refractivity contribution in [3.05, 3.63) is 17.9 Å². The molecule has 1 aromatic carbocycles. The van der Waals surface area contributed by atoms with E-state index in [2.05, 4.69) is 11.8 Å². The Hall–Kier alpha value is -1.45. The van der Waals surface area contributed by atoms with Gasteiger partial charge in [0.1, 0.15) is 0 Å². The highest BCUT2D eigenvalue weighted by molar-refractivity contribution is 5.70. The number of benzene rings is 1. The number of ether oxygens (including phenoxy) is 1. The molecule has 1 atom stereocenters. The minimum atomic E-state index is -0.376. The molecule has 1 aliphatic heterocycles. The molecule has 0 saturated carbocycles. The number of hydrogen-bond acceptors (Lipinski definition) is 3. The number of hydrogen-bond donors (Lipinski definition) is 1. The molecule has 1 saturated heterocycles. The largest absolute Gasteiger partial charge is 0.490 e. The van der Waals surface area contributed by atoms with Crippen molar-refractivity contribution in [3.63, 3.8) is 0 Å². The Kier molecular flexibility index (Phi) is 4.51. The van der Waals surface area contributed by atoms with Crippen molar-refractivity contribution >= 4 is 11.4 Å². The Morgan fingerprint density at radius 2 is 2.21 bits per heavy atom. The quantitative estimate of drug-likeness (QED) is 0.847. The van der Waals surface area contributed by atoms with Crippen molar-refractivity contribution in [2.75, 3.05) is 23.8 Å². The van der Waals surface area contributed by atoms with E-state index in [4.69, 9.17) is 10.5 Å². The molecule has 0 amide bonds. The Morgan fingerprint density at radius 3 is 2.89 bits per heavy atom. The van der Waals surface area contributed by atoms with Gasteiger partial charge in [0.2, 0.25) is 0 Å². The molecule has 4 heteroatoms. The zero-order valence-electron chi connectivity index (χ0n) is 11.8. The lowest BCUT2D eigenvalue weighted by atomic mass is 10.0. The highest BCUT2D eigenvalue weighted by Crippen LogP contribution is 2.34. The maximum atomic E-state index is 13.8. The van der Waals surface area contributed by atoms with Crippen LogP contribution in [0.2, 0.25) is 0 Å². The molecule has 0 aromatic heterocycles. The van der Waals surface area contributed by atoms with Crippen LogP contribution in [0.4, 0.5) is 15.8 Å². The fourth-order valence-corrected chi connectivity index (χ4v) is 2.59. The van der Waals surface area contributed by atoms with Crippen LogP contribution < -0.4 is 15.4 Å². The Labute approximate surface area is 114 Å². The summed E-state index contributed by atoms with van der Waals surface area (Å²) in [6.07, 6.45) is 4.42. The van der Waals surface area contributed by atoms with Gasteiger partial charge in [-0.2, -0.15) is 0 Å². The summed E-state index contributed by atoms with van der Waals surface area (Å²) < 4.78 is 19.2. The fourth-order valence-electron chi connectivity index (χ4n) is 2.59. The van der Waals surface area contributed by atoms with E-state index in [-0.39, 0.29) is 5.82 Å². The molecule has 0 aliphatic carbocycles. The molecule has 0 bridgehead atoms. The maximum absolute atomic E-state index is 13.8. The molecule has 19 heavy (non-hydrogen) atoms. The summed E-state index contributed by atoms with van der Waals surface area (Å²) in [4.78, 5) is 2.26. The molecule has 1 heterocycles. The maximum Gasteiger partial charge on any atom is 0.167 e. The van der Waals surface area contributed by atoms with Gasteiger partial charge < -0.3 is 15.4 Å². The number of nitrogen functional groups attached to an aromatic ring is 1. The van der Waals surface area contributed by atoms with Crippen molar-refractivity contribution in [2.24, 2.45) is 0 Å². The summed E-state index contributed by atoms with van der Waals surface area (Å²) in [5, 5.41) is 0. The smallest absolute Gasteiger partial charge is 0.167 e. The number of halogens is 1. The van der Waals surface area contributed by atoms with Crippen LogP contribution in [-0.4, -0.2) is 19.2 Å². The van der Waals surface area contributed by atoms with Crippen LogP contribution in [0.5, 0.6) is 5.75 Å². The van der Waals surface area contributed by atoms with Crippen LogP contribution in [-0.2, 0) is 0 Å². The zero-order chi connectivity index (χ0) is 13.8. The van der Waals surface area contributed by atoms with E-state index in [1.807, 2.05) is 6.92 Å². The first-order valence-corrected chi connectivity index (χ1v) is 7.12. The molecular formula is C15H23FN2O. The lowest BCUT2D eigenvalue weighted by Gasteiger charge is -2.36. The fraction of sp³-hybridized carbons (Fsp3) is 0.600. The lowest BCUT2D eigenvalue weighted by Crippen LogP contribution is -2.37. The summed E-state index contributed by atoms with van der Waals surface area (Å²) in [6, 6.07) is 3.57. The van der Waals surface area contributed by atoms with Crippen LogP contribution in [0.1, 0.15) is 39.5 Å².